The molecule has 0 bridgehead atoms. The van der Waals surface area contributed by atoms with Gasteiger partial charge in [-0.25, -0.2) is 0 Å². The Morgan fingerprint density at radius 3 is 2.79 bits per heavy atom. The summed E-state index contributed by atoms with van der Waals surface area (Å²) in [6.45, 7) is 3.14. The molecule has 0 amide bonds. The molecule has 0 saturated carbocycles. The van der Waals surface area contributed by atoms with Crippen LogP contribution < -0.4 is 10.6 Å². The second-order valence-electron chi connectivity index (χ2n) is 5.01. The maximum absolute atomic E-state index is 10.1. The van der Waals surface area contributed by atoms with Crippen molar-refractivity contribution in [1.82, 2.24) is 0 Å². The first kappa shape index (κ1) is 14.0. The summed E-state index contributed by atoms with van der Waals surface area (Å²) in [7, 11) is 0. The topological polar surface area (TPSA) is 82.1 Å². The number of benzene rings is 1. The summed E-state index contributed by atoms with van der Waals surface area (Å²) in [6.07, 6.45) is 2.67. The van der Waals surface area contributed by atoms with Crippen LogP contribution in [0.15, 0.2) is 28.3 Å². The van der Waals surface area contributed by atoms with Crippen molar-refractivity contribution in [3.05, 3.63) is 23.8 Å². The van der Waals surface area contributed by atoms with Gasteiger partial charge in [0.15, 0.2) is 5.84 Å². The molecule has 104 valence electrons. The van der Waals surface area contributed by atoms with E-state index in [0.717, 1.165) is 22.7 Å². The van der Waals surface area contributed by atoms with Crippen LogP contribution in [0.5, 0.6) is 0 Å². The van der Waals surface area contributed by atoms with Crippen LogP contribution in [0.4, 0.5) is 5.69 Å². The van der Waals surface area contributed by atoms with E-state index in [-0.39, 0.29) is 5.84 Å². The van der Waals surface area contributed by atoms with Gasteiger partial charge < -0.3 is 20.9 Å². The monoisotopic (exact) mass is 281 g/mol. The lowest BCUT2D eigenvalue weighted by Crippen LogP contribution is -2.31. The molecular formula is C13H19N3O2S. The number of nitrogens with two attached hydrogens (primary N) is 1. The van der Waals surface area contributed by atoms with E-state index in [0.29, 0.717) is 13.0 Å². The van der Waals surface area contributed by atoms with Crippen LogP contribution in [0.3, 0.4) is 0 Å². The van der Waals surface area contributed by atoms with E-state index in [1.807, 2.05) is 31.4 Å². The number of thioether (sulfide) groups is 1. The normalized spacial score (nSPS) is 23.9. The van der Waals surface area contributed by atoms with Crippen molar-refractivity contribution in [2.75, 3.05) is 24.2 Å². The summed E-state index contributed by atoms with van der Waals surface area (Å²) in [5.41, 5.74) is 6.76. The van der Waals surface area contributed by atoms with Gasteiger partial charge in [0.1, 0.15) is 0 Å². The van der Waals surface area contributed by atoms with Crippen molar-refractivity contribution in [3.8, 4) is 0 Å². The summed E-state index contributed by atoms with van der Waals surface area (Å²) < 4.78 is 0. The van der Waals surface area contributed by atoms with Gasteiger partial charge in [-0.1, -0.05) is 11.2 Å². The molecule has 1 atom stereocenters. The fraction of sp³-hybridized carbons (Fsp3) is 0.462. The summed E-state index contributed by atoms with van der Waals surface area (Å²) >= 11 is 1.55. The number of anilines is 1. The SMILES string of the molecule is CSc1cccc(N2CCC(C)(O)C2)c1/C(N)=N/O. The molecule has 1 saturated heterocycles. The highest BCUT2D eigenvalue weighted by Gasteiger charge is 2.33. The Kier molecular flexibility index (Phi) is 3.91. The van der Waals surface area contributed by atoms with Crippen LogP contribution in [-0.4, -0.2) is 41.1 Å². The number of amidine groups is 1. The highest BCUT2D eigenvalue weighted by molar-refractivity contribution is 7.98. The molecule has 19 heavy (non-hydrogen) atoms. The van der Waals surface area contributed by atoms with Gasteiger partial charge in [0.2, 0.25) is 0 Å². The van der Waals surface area contributed by atoms with Gasteiger partial charge in [-0.05, 0) is 31.7 Å². The Morgan fingerprint density at radius 1 is 1.53 bits per heavy atom. The molecular weight excluding hydrogens is 262 g/mol. The molecule has 1 aliphatic heterocycles. The van der Waals surface area contributed by atoms with Crippen molar-refractivity contribution in [2.45, 2.75) is 23.8 Å². The van der Waals surface area contributed by atoms with Gasteiger partial charge >= 0.3 is 0 Å². The largest absolute Gasteiger partial charge is 0.409 e. The Balaban J connectivity index is 2.46. The lowest BCUT2D eigenvalue weighted by atomic mass is 10.1. The minimum Gasteiger partial charge on any atom is -0.409 e. The standard InChI is InChI=1S/C13H19N3O2S/c1-13(17)6-7-16(8-13)9-4-3-5-10(19-2)11(9)12(14)15-18/h3-5,17-18H,6-8H2,1-2H3,(H2,14,15). The zero-order valence-corrected chi connectivity index (χ0v) is 11.9. The van der Waals surface area contributed by atoms with Crippen LogP contribution in [-0.2, 0) is 0 Å². The molecule has 5 nitrogen and oxygen atoms in total. The zero-order valence-electron chi connectivity index (χ0n) is 11.1. The minimum absolute atomic E-state index is 0.103. The molecule has 6 heteroatoms. The Labute approximate surface area is 117 Å². The predicted octanol–water partition coefficient (Wildman–Crippen LogP) is 1.46. The second kappa shape index (κ2) is 5.30. The fourth-order valence-electron chi connectivity index (χ4n) is 2.41. The van der Waals surface area contributed by atoms with Crippen LogP contribution in [0.1, 0.15) is 18.9 Å². The van der Waals surface area contributed by atoms with Gasteiger partial charge in [-0.2, -0.15) is 0 Å². The molecule has 1 unspecified atom stereocenters. The number of rotatable bonds is 3. The van der Waals surface area contributed by atoms with Crippen LogP contribution >= 0.6 is 11.8 Å². The van der Waals surface area contributed by atoms with E-state index in [4.69, 9.17) is 10.9 Å². The number of β-amino-alcohol motifs (C(OH)–C–C–N with tert-alkyl or cyclic N) is 1. The maximum Gasteiger partial charge on any atom is 0.173 e. The molecule has 0 spiro atoms. The lowest BCUT2D eigenvalue weighted by Gasteiger charge is -2.24. The molecule has 1 aromatic carbocycles. The van der Waals surface area contributed by atoms with Crippen molar-refractivity contribution in [3.63, 3.8) is 0 Å². The molecule has 0 aliphatic carbocycles. The number of aliphatic hydroxyl groups is 1. The highest BCUT2D eigenvalue weighted by atomic mass is 32.2. The van der Waals surface area contributed by atoms with Crippen LogP contribution in [0.25, 0.3) is 0 Å². The molecule has 1 fully saturated rings. The van der Waals surface area contributed by atoms with Gasteiger partial charge in [0.05, 0.1) is 11.2 Å². The first-order valence-electron chi connectivity index (χ1n) is 6.11. The first-order chi connectivity index (χ1) is 8.98. The van der Waals surface area contributed by atoms with E-state index in [1.165, 1.54) is 0 Å². The molecule has 0 radical (unpaired) electrons. The molecule has 1 aromatic rings. The first-order valence-corrected chi connectivity index (χ1v) is 7.33. The van der Waals surface area contributed by atoms with E-state index in [1.54, 1.807) is 11.8 Å². The second-order valence-corrected chi connectivity index (χ2v) is 5.86. The average Bonchev–Trinajstić information content (AvgIpc) is 2.77. The van der Waals surface area contributed by atoms with Gasteiger partial charge in [0.25, 0.3) is 0 Å². The number of hydrogen-bond acceptors (Lipinski definition) is 5. The third-order valence-electron chi connectivity index (χ3n) is 3.38. The predicted molar refractivity (Wildman–Crippen MR) is 78.2 cm³/mol. The van der Waals surface area contributed by atoms with Crippen molar-refractivity contribution >= 4 is 23.3 Å². The lowest BCUT2D eigenvalue weighted by molar-refractivity contribution is 0.0839. The van der Waals surface area contributed by atoms with E-state index in [2.05, 4.69) is 10.1 Å². The maximum atomic E-state index is 10.1. The number of hydrogen-bond donors (Lipinski definition) is 3. The van der Waals surface area contributed by atoms with Crippen molar-refractivity contribution < 1.29 is 10.3 Å². The molecule has 1 aliphatic rings. The zero-order chi connectivity index (χ0) is 14.0. The van der Waals surface area contributed by atoms with E-state index >= 15 is 0 Å². The molecule has 2 rings (SSSR count). The highest BCUT2D eigenvalue weighted by Crippen LogP contribution is 2.33. The third kappa shape index (κ3) is 2.79. The minimum atomic E-state index is -0.683. The van der Waals surface area contributed by atoms with E-state index < -0.39 is 5.60 Å². The van der Waals surface area contributed by atoms with Crippen LogP contribution in [0, 0.1) is 0 Å². The van der Waals surface area contributed by atoms with Gasteiger partial charge in [-0.3, -0.25) is 0 Å². The van der Waals surface area contributed by atoms with Gasteiger partial charge in [-0.15, -0.1) is 11.8 Å². The molecule has 0 aromatic heterocycles. The van der Waals surface area contributed by atoms with Crippen molar-refractivity contribution in [2.24, 2.45) is 10.9 Å². The molecule has 1 heterocycles. The fourth-order valence-corrected chi connectivity index (χ4v) is 3.04. The number of oxime groups is 1. The molecule has 4 N–H and O–H groups in total. The smallest absolute Gasteiger partial charge is 0.173 e. The Bertz CT molecular complexity index is 503. The summed E-state index contributed by atoms with van der Waals surface area (Å²) in [5, 5.41) is 22.2. The summed E-state index contributed by atoms with van der Waals surface area (Å²) in [4.78, 5) is 3.03. The Hall–Kier alpha value is -1.40. The quantitative estimate of drug-likeness (QED) is 0.257. The van der Waals surface area contributed by atoms with E-state index in [9.17, 15) is 5.11 Å². The summed E-state index contributed by atoms with van der Waals surface area (Å²) in [5.74, 6) is 0.103. The van der Waals surface area contributed by atoms with Crippen LogP contribution in [0.2, 0.25) is 0 Å². The van der Waals surface area contributed by atoms with Gasteiger partial charge in [0, 0.05) is 23.7 Å². The number of nitrogens with zero attached hydrogens (tertiary/aromatic N) is 2. The van der Waals surface area contributed by atoms with Crippen molar-refractivity contribution in [1.29, 1.82) is 0 Å². The summed E-state index contributed by atoms with van der Waals surface area (Å²) in [6, 6.07) is 5.83. The average molecular weight is 281 g/mol. The third-order valence-corrected chi connectivity index (χ3v) is 4.16. The Morgan fingerprint density at radius 2 is 2.26 bits per heavy atom.